The first-order valence-corrected chi connectivity index (χ1v) is 10.6. The summed E-state index contributed by atoms with van der Waals surface area (Å²) in [4.78, 5) is 26.9. The number of nitrogens with one attached hydrogen (secondary N) is 3. The fourth-order valence-electron chi connectivity index (χ4n) is 4.76. The monoisotopic (exact) mass is 398 g/mol. The number of amides is 2. The number of nitrogens with zero attached hydrogens (tertiary/aromatic N) is 1. The largest absolute Gasteiger partial charge is 0.390 e. The molecule has 7 nitrogen and oxygen atoms in total. The molecule has 0 aromatic heterocycles. The number of aliphatic hydroxyl groups is 1. The lowest BCUT2D eigenvalue weighted by Crippen LogP contribution is -2.62. The summed E-state index contributed by atoms with van der Waals surface area (Å²) in [7, 11) is 0. The molecule has 7 heteroatoms. The normalized spacial score (nSPS) is 30.0. The molecule has 1 aromatic rings. The molecular formula is C22H30N4O3. The van der Waals surface area contributed by atoms with Crippen molar-refractivity contribution in [1.29, 1.82) is 5.41 Å². The molecule has 1 saturated heterocycles. The van der Waals surface area contributed by atoms with Crippen LogP contribution in [0.2, 0.25) is 0 Å². The fraction of sp³-hybridized carbons (Fsp3) is 0.591. The van der Waals surface area contributed by atoms with Crippen molar-refractivity contribution in [1.82, 2.24) is 15.5 Å². The van der Waals surface area contributed by atoms with Crippen molar-refractivity contribution in [2.75, 3.05) is 6.54 Å². The molecule has 1 unspecified atom stereocenters. The van der Waals surface area contributed by atoms with E-state index in [9.17, 15) is 14.7 Å². The Hall–Kier alpha value is -2.41. The van der Waals surface area contributed by atoms with E-state index in [-0.39, 0.29) is 41.2 Å². The summed E-state index contributed by atoms with van der Waals surface area (Å²) in [6, 6.07) is 7.43. The van der Waals surface area contributed by atoms with E-state index in [1.165, 1.54) is 4.90 Å². The molecule has 3 aliphatic rings. The lowest BCUT2D eigenvalue weighted by molar-refractivity contribution is -0.131. The molecule has 1 aliphatic heterocycles. The number of aliphatic hydroxyl groups excluding tert-OH is 1. The van der Waals surface area contributed by atoms with Crippen LogP contribution in [0.15, 0.2) is 24.3 Å². The number of benzene rings is 1. The molecule has 4 N–H and O–H groups in total. The molecule has 1 aromatic carbocycles. The molecule has 2 amide bonds. The molecule has 2 aliphatic carbocycles. The SMILES string of the molecule is CCC1(CC)CC(=O)N(C[C@H]2C[C@@H]2C(=O)NC2c3ccccc3C[C@H]2O)C(=N)N1. The predicted octanol–water partition coefficient (Wildman–Crippen LogP) is 1.71. The van der Waals surface area contributed by atoms with Gasteiger partial charge in [-0.25, -0.2) is 0 Å². The Balaban J connectivity index is 1.34. The smallest absolute Gasteiger partial charge is 0.231 e. The summed E-state index contributed by atoms with van der Waals surface area (Å²) in [5, 5.41) is 24.9. The van der Waals surface area contributed by atoms with Crippen molar-refractivity contribution < 1.29 is 14.7 Å². The van der Waals surface area contributed by atoms with Gasteiger partial charge in [0.25, 0.3) is 0 Å². The van der Waals surface area contributed by atoms with Crippen LogP contribution in [0.3, 0.4) is 0 Å². The zero-order valence-corrected chi connectivity index (χ0v) is 17.1. The van der Waals surface area contributed by atoms with Gasteiger partial charge in [0.05, 0.1) is 18.6 Å². The summed E-state index contributed by atoms with van der Waals surface area (Å²) < 4.78 is 0. The lowest BCUT2D eigenvalue weighted by atomic mass is 9.87. The first kappa shape index (κ1) is 19.9. The van der Waals surface area contributed by atoms with E-state index in [0.29, 0.717) is 25.8 Å². The van der Waals surface area contributed by atoms with Crippen molar-refractivity contribution in [3.05, 3.63) is 35.4 Å². The van der Waals surface area contributed by atoms with Crippen molar-refractivity contribution >= 4 is 17.8 Å². The highest BCUT2D eigenvalue weighted by Crippen LogP contribution is 2.41. The minimum atomic E-state index is -0.606. The Morgan fingerprint density at radius 3 is 2.76 bits per heavy atom. The van der Waals surface area contributed by atoms with Gasteiger partial charge in [0.1, 0.15) is 0 Å². The van der Waals surface area contributed by atoms with Crippen molar-refractivity contribution in [2.24, 2.45) is 11.8 Å². The van der Waals surface area contributed by atoms with Crippen molar-refractivity contribution in [3.63, 3.8) is 0 Å². The first-order chi connectivity index (χ1) is 13.9. The minimum absolute atomic E-state index is 0.0383. The van der Waals surface area contributed by atoms with Gasteiger partial charge < -0.3 is 15.7 Å². The van der Waals surface area contributed by atoms with Crippen LogP contribution in [0.25, 0.3) is 0 Å². The topological polar surface area (TPSA) is 106 Å². The third-order valence-electron chi connectivity index (χ3n) is 6.98. The van der Waals surface area contributed by atoms with Gasteiger partial charge >= 0.3 is 0 Å². The number of fused-ring (bicyclic) bond motifs is 1. The van der Waals surface area contributed by atoms with E-state index in [2.05, 4.69) is 10.6 Å². The second-order valence-corrected chi connectivity index (χ2v) is 8.70. The zero-order valence-electron chi connectivity index (χ0n) is 17.1. The average Bonchev–Trinajstić information content (AvgIpc) is 3.41. The molecule has 1 saturated carbocycles. The number of carbonyl (C=O) groups is 2. The van der Waals surface area contributed by atoms with Crippen LogP contribution in [-0.2, 0) is 16.0 Å². The molecule has 0 spiro atoms. The molecule has 4 rings (SSSR count). The van der Waals surface area contributed by atoms with E-state index < -0.39 is 6.10 Å². The predicted molar refractivity (Wildman–Crippen MR) is 109 cm³/mol. The van der Waals surface area contributed by atoms with E-state index in [0.717, 1.165) is 24.0 Å². The van der Waals surface area contributed by atoms with Gasteiger partial charge in [-0.1, -0.05) is 38.1 Å². The number of rotatable bonds is 6. The Labute approximate surface area is 171 Å². The van der Waals surface area contributed by atoms with Crippen molar-refractivity contribution in [3.8, 4) is 0 Å². The molecule has 1 heterocycles. The average molecular weight is 399 g/mol. The molecule has 0 bridgehead atoms. The lowest BCUT2D eigenvalue weighted by Gasteiger charge is -2.42. The van der Waals surface area contributed by atoms with Crippen LogP contribution in [-0.4, -0.2) is 46.0 Å². The Kier molecular flexibility index (Phi) is 5.11. The summed E-state index contributed by atoms with van der Waals surface area (Å²) in [6.45, 7) is 4.46. The standard InChI is InChI=1S/C22H30N4O3/c1-3-22(4-2)11-18(28)26(21(23)25-22)12-14-9-16(14)20(29)24-19-15-8-6-5-7-13(15)10-17(19)27/h5-8,14,16-17,19,27H,3-4,9-12H2,1-2H3,(H2,23,25)(H,24,29)/t14-,16+,17-,19?/m1/s1. The Morgan fingerprint density at radius 1 is 1.34 bits per heavy atom. The highest BCUT2D eigenvalue weighted by Gasteiger charge is 2.48. The summed E-state index contributed by atoms with van der Waals surface area (Å²) >= 11 is 0. The maximum Gasteiger partial charge on any atom is 0.231 e. The second kappa shape index (κ2) is 7.44. The van der Waals surface area contributed by atoms with Gasteiger partial charge in [-0.2, -0.15) is 0 Å². The van der Waals surface area contributed by atoms with Crippen LogP contribution in [0.4, 0.5) is 0 Å². The number of hydrogen-bond acceptors (Lipinski definition) is 4. The molecule has 4 atom stereocenters. The Morgan fingerprint density at radius 2 is 2.07 bits per heavy atom. The van der Waals surface area contributed by atoms with Gasteiger partial charge in [-0.05, 0) is 36.3 Å². The van der Waals surface area contributed by atoms with Crippen LogP contribution in [0.5, 0.6) is 0 Å². The highest BCUT2D eigenvalue weighted by molar-refractivity contribution is 5.99. The molecule has 156 valence electrons. The van der Waals surface area contributed by atoms with Crippen molar-refractivity contribution in [2.45, 2.75) is 63.6 Å². The fourth-order valence-corrected chi connectivity index (χ4v) is 4.76. The molecule has 0 radical (unpaired) electrons. The number of hydrogen-bond donors (Lipinski definition) is 4. The third-order valence-corrected chi connectivity index (χ3v) is 6.98. The van der Waals surface area contributed by atoms with Crippen LogP contribution >= 0.6 is 0 Å². The summed E-state index contributed by atoms with van der Waals surface area (Å²) in [5.74, 6) is -0.0683. The maximum absolute atomic E-state index is 12.7. The van der Waals surface area contributed by atoms with Gasteiger partial charge in [-0.15, -0.1) is 0 Å². The van der Waals surface area contributed by atoms with Crippen LogP contribution in [0, 0.1) is 17.2 Å². The van der Waals surface area contributed by atoms with E-state index >= 15 is 0 Å². The Bertz CT molecular complexity index is 815. The van der Waals surface area contributed by atoms with Crippen LogP contribution in [0.1, 0.15) is 56.7 Å². The highest BCUT2D eigenvalue weighted by atomic mass is 16.3. The number of guanidine groups is 1. The molecule has 2 fully saturated rings. The quantitative estimate of drug-likeness (QED) is 0.585. The van der Waals surface area contributed by atoms with Gasteiger partial charge in [0.2, 0.25) is 11.8 Å². The van der Waals surface area contributed by atoms with Gasteiger partial charge in [-0.3, -0.25) is 19.9 Å². The zero-order chi connectivity index (χ0) is 20.8. The van der Waals surface area contributed by atoms with E-state index in [1.807, 2.05) is 38.1 Å². The minimum Gasteiger partial charge on any atom is -0.390 e. The van der Waals surface area contributed by atoms with E-state index in [4.69, 9.17) is 5.41 Å². The summed E-state index contributed by atoms with van der Waals surface area (Å²) in [5.41, 5.74) is 1.74. The van der Waals surface area contributed by atoms with Gasteiger partial charge in [0, 0.05) is 24.4 Å². The van der Waals surface area contributed by atoms with E-state index in [1.54, 1.807) is 0 Å². The number of carbonyl (C=O) groups excluding carboxylic acids is 2. The first-order valence-electron chi connectivity index (χ1n) is 10.6. The third kappa shape index (κ3) is 3.64. The van der Waals surface area contributed by atoms with Crippen LogP contribution < -0.4 is 10.6 Å². The maximum atomic E-state index is 12.7. The molecular weight excluding hydrogens is 368 g/mol. The summed E-state index contributed by atoms with van der Waals surface area (Å²) in [6.07, 6.45) is 2.63. The molecule has 29 heavy (non-hydrogen) atoms. The second-order valence-electron chi connectivity index (χ2n) is 8.70. The van der Waals surface area contributed by atoms with Gasteiger partial charge in [0.15, 0.2) is 5.96 Å².